The van der Waals surface area contributed by atoms with E-state index >= 15 is 0 Å². The number of rotatable bonds is 2. The predicted octanol–water partition coefficient (Wildman–Crippen LogP) is 2.95. The Morgan fingerprint density at radius 1 is 1.29 bits per heavy atom. The lowest BCUT2D eigenvalue weighted by Gasteiger charge is -2.30. The summed E-state index contributed by atoms with van der Waals surface area (Å²) in [7, 11) is 0. The topological polar surface area (TPSA) is 69.6 Å². The van der Waals surface area contributed by atoms with E-state index in [1.807, 2.05) is 0 Å². The van der Waals surface area contributed by atoms with Gasteiger partial charge in [0.25, 0.3) is 0 Å². The Morgan fingerprint density at radius 2 is 1.90 bits per heavy atom. The van der Waals surface area contributed by atoms with Crippen molar-refractivity contribution >= 4 is 29.3 Å². The summed E-state index contributed by atoms with van der Waals surface area (Å²) in [5.41, 5.74) is -0.288. The van der Waals surface area contributed by atoms with Crippen LogP contribution < -0.4 is 5.32 Å². The van der Waals surface area contributed by atoms with Crippen LogP contribution in [0.4, 0.5) is 19.3 Å². The number of nitrogens with one attached hydrogen (secondary N) is 1. The van der Waals surface area contributed by atoms with Crippen LogP contribution in [0.25, 0.3) is 0 Å². The van der Waals surface area contributed by atoms with Crippen molar-refractivity contribution in [1.29, 1.82) is 0 Å². The van der Waals surface area contributed by atoms with Crippen LogP contribution in [0.3, 0.4) is 0 Å². The summed E-state index contributed by atoms with van der Waals surface area (Å²) in [4.78, 5) is 24.2. The summed E-state index contributed by atoms with van der Waals surface area (Å²) in [5.74, 6) is -3.16. The van der Waals surface area contributed by atoms with Crippen molar-refractivity contribution in [3.63, 3.8) is 0 Å². The minimum Gasteiger partial charge on any atom is -0.481 e. The second-order valence-corrected chi connectivity index (χ2v) is 5.18. The van der Waals surface area contributed by atoms with Crippen LogP contribution in [0.1, 0.15) is 12.8 Å². The van der Waals surface area contributed by atoms with E-state index < -0.39 is 29.6 Å². The molecule has 1 aromatic rings. The molecule has 1 aliphatic rings. The molecule has 1 fully saturated rings. The molecule has 0 bridgehead atoms. The van der Waals surface area contributed by atoms with E-state index in [9.17, 15) is 18.4 Å². The first-order valence-corrected chi connectivity index (χ1v) is 6.69. The number of hydrogen-bond acceptors (Lipinski definition) is 2. The molecule has 1 heterocycles. The van der Waals surface area contributed by atoms with Gasteiger partial charge in [0.15, 0.2) is 5.82 Å². The first kappa shape index (κ1) is 15.5. The second-order valence-electron chi connectivity index (χ2n) is 4.77. The summed E-state index contributed by atoms with van der Waals surface area (Å²) in [5, 5.41) is 10.9. The molecule has 0 aromatic heterocycles. The molecule has 5 nitrogen and oxygen atoms in total. The van der Waals surface area contributed by atoms with Crippen LogP contribution in [0.15, 0.2) is 12.1 Å². The number of urea groups is 1. The van der Waals surface area contributed by atoms with Crippen LogP contribution in [0, 0.1) is 17.6 Å². The number of carboxylic acids is 1. The minimum absolute atomic E-state index is 0.235. The molecule has 0 radical (unpaired) electrons. The van der Waals surface area contributed by atoms with Gasteiger partial charge in [-0.05, 0) is 18.9 Å². The molecule has 0 unspecified atom stereocenters. The Balaban J connectivity index is 2.01. The highest BCUT2D eigenvalue weighted by Crippen LogP contribution is 2.27. The second kappa shape index (κ2) is 6.26. The minimum atomic E-state index is -0.964. The van der Waals surface area contributed by atoms with E-state index in [2.05, 4.69) is 5.32 Å². The molecule has 0 atom stereocenters. The van der Waals surface area contributed by atoms with Crippen LogP contribution in [0.5, 0.6) is 0 Å². The van der Waals surface area contributed by atoms with Gasteiger partial charge >= 0.3 is 12.0 Å². The van der Waals surface area contributed by atoms with E-state index in [-0.39, 0.29) is 23.8 Å². The maximum absolute atomic E-state index is 13.6. The third kappa shape index (κ3) is 3.60. The van der Waals surface area contributed by atoms with Crippen molar-refractivity contribution in [2.75, 3.05) is 18.4 Å². The Morgan fingerprint density at radius 3 is 2.43 bits per heavy atom. The maximum Gasteiger partial charge on any atom is 0.321 e. The summed E-state index contributed by atoms with van der Waals surface area (Å²) >= 11 is 5.69. The zero-order valence-corrected chi connectivity index (χ0v) is 11.7. The molecule has 2 N–H and O–H groups in total. The van der Waals surface area contributed by atoms with Crippen LogP contribution in [-0.4, -0.2) is 35.1 Å². The highest BCUT2D eigenvalue weighted by molar-refractivity contribution is 6.33. The molecule has 0 spiro atoms. The Kier molecular flexibility index (Phi) is 4.62. The van der Waals surface area contributed by atoms with Gasteiger partial charge in [0.05, 0.1) is 16.6 Å². The van der Waals surface area contributed by atoms with Gasteiger partial charge in [0, 0.05) is 19.2 Å². The summed E-state index contributed by atoms with van der Waals surface area (Å²) in [6, 6.07) is 0.931. The molecule has 0 saturated carbocycles. The Bertz CT molecular complexity index is 552. The molecular formula is C13H13ClF2N2O3. The van der Waals surface area contributed by atoms with Gasteiger partial charge in [0.1, 0.15) is 5.82 Å². The number of aliphatic carboxylic acids is 1. The van der Waals surface area contributed by atoms with Crippen LogP contribution in [-0.2, 0) is 4.79 Å². The molecular weight excluding hydrogens is 306 g/mol. The van der Waals surface area contributed by atoms with Gasteiger partial charge in [-0.25, -0.2) is 13.6 Å². The van der Waals surface area contributed by atoms with Gasteiger partial charge in [0.2, 0.25) is 0 Å². The third-order valence-corrected chi connectivity index (χ3v) is 3.67. The number of amides is 2. The SMILES string of the molecule is O=C(O)C1CCN(C(=O)Nc2c(F)cc(F)cc2Cl)CC1. The number of hydrogen-bond donors (Lipinski definition) is 2. The number of carboxylic acid groups (broad SMARTS) is 1. The van der Waals surface area contributed by atoms with E-state index in [0.717, 1.165) is 6.07 Å². The van der Waals surface area contributed by atoms with Gasteiger partial charge in [-0.3, -0.25) is 4.79 Å². The lowest BCUT2D eigenvalue weighted by atomic mass is 9.97. The van der Waals surface area contributed by atoms with E-state index in [4.69, 9.17) is 16.7 Å². The van der Waals surface area contributed by atoms with Crippen molar-refractivity contribution < 1.29 is 23.5 Å². The standard InChI is InChI=1S/C13H13ClF2N2O3/c14-9-5-8(15)6-10(16)11(9)17-13(21)18-3-1-7(2-4-18)12(19)20/h5-7H,1-4H2,(H,17,21)(H,19,20). The first-order valence-electron chi connectivity index (χ1n) is 6.31. The molecule has 1 aliphatic heterocycles. The number of halogens is 3. The van der Waals surface area contributed by atoms with Crippen LogP contribution >= 0.6 is 11.6 Å². The van der Waals surface area contributed by atoms with Gasteiger partial charge in [-0.2, -0.15) is 0 Å². The third-order valence-electron chi connectivity index (χ3n) is 3.37. The largest absolute Gasteiger partial charge is 0.481 e. The zero-order valence-electron chi connectivity index (χ0n) is 10.9. The quantitative estimate of drug-likeness (QED) is 0.881. The Hall–Kier alpha value is -1.89. The lowest BCUT2D eigenvalue weighted by Crippen LogP contribution is -2.42. The normalized spacial score (nSPS) is 15.9. The fourth-order valence-electron chi connectivity index (χ4n) is 2.18. The van der Waals surface area contributed by atoms with Crippen molar-refractivity contribution in [3.05, 3.63) is 28.8 Å². The van der Waals surface area contributed by atoms with Crippen molar-refractivity contribution in [3.8, 4) is 0 Å². The number of piperidine rings is 1. The lowest BCUT2D eigenvalue weighted by molar-refractivity contribution is -0.143. The number of carbonyl (C=O) groups is 2. The number of benzene rings is 1. The maximum atomic E-state index is 13.6. The molecule has 21 heavy (non-hydrogen) atoms. The average Bonchev–Trinajstić information content (AvgIpc) is 2.42. The van der Waals surface area contributed by atoms with Crippen LogP contribution in [0.2, 0.25) is 5.02 Å². The fourth-order valence-corrected chi connectivity index (χ4v) is 2.42. The molecule has 114 valence electrons. The number of anilines is 1. The average molecular weight is 319 g/mol. The Labute approximate surface area is 124 Å². The number of likely N-dealkylation sites (tertiary alicyclic amines) is 1. The van der Waals surface area contributed by atoms with Gasteiger partial charge in [-0.15, -0.1) is 0 Å². The fraction of sp³-hybridized carbons (Fsp3) is 0.385. The van der Waals surface area contributed by atoms with E-state index in [1.165, 1.54) is 4.90 Å². The van der Waals surface area contributed by atoms with E-state index in [1.54, 1.807) is 0 Å². The molecule has 1 saturated heterocycles. The summed E-state index contributed by atoms with van der Waals surface area (Å²) in [6.07, 6.45) is 0.671. The first-order chi connectivity index (χ1) is 9.88. The molecule has 8 heteroatoms. The molecule has 2 amide bonds. The smallest absolute Gasteiger partial charge is 0.321 e. The van der Waals surface area contributed by atoms with E-state index in [0.29, 0.717) is 18.9 Å². The molecule has 2 rings (SSSR count). The van der Waals surface area contributed by atoms with Crippen molar-refractivity contribution in [2.45, 2.75) is 12.8 Å². The van der Waals surface area contributed by atoms with Crippen molar-refractivity contribution in [2.24, 2.45) is 5.92 Å². The summed E-state index contributed by atoms with van der Waals surface area (Å²) < 4.78 is 26.5. The monoisotopic (exact) mass is 318 g/mol. The highest BCUT2D eigenvalue weighted by atomic mass is 35.5. The molecule has 0 aliphatic carbocycles. The van der Waals surface area contributed by atoms with Gasteiger partial charge in [-0.1, -0.05) is 11.6 Å². The molecule has 1 aromatic carbocycles. The number of carbonyl (C=O) groups excluding carboxylic acids is 1. The zero-order chi connectivity index (χ0) is 15.6. The predicted molar refractivity (Wildman–Crippen MR) is 72.3 cm³/mol. The van der Waals surface area contributed by atoms with Crippen molar-refractivity contribution in [1.82, 2.24) is 4.90 Å². The highest BCUT2D eigenvalue weighted by Gasteiger charge is 2.27. The summed E-state index contributed by atoms with van der Waals surface area (Å²) in [6.45, 7) is 0.506. The van der Waals surface area contributed by atoms with Gasteiger partial charge < -0.3 is 15.3 Å². The number of nitrogens with zero attached hydrogens (tertiary/aromatic N) is 1.